The maximum absolute atomic E-state index is 11.2. The molecule has 7 aromatic carbocycles. The smallest absolute Gasteiger partial charge is 0.310 e. The molecule has 8 aromatic rings. The first kappa shape index (κ1) is 85.3. The molecule has 0 saturated heterocycles. The monoisotopic (exact) mass is 1500 g/mol. The van der Waals surface area contributed by atoms with Crippen molar-refractivity contribution >= 4 is 80.4 Å². The predicted molar refractivity (Wildman–Crippen MR) is 391 cm³/mol. The summed E-state index contributed by atoms with van der Waals surface area (Å²) < 4.78 is 32.9. The number of nitro groups is 2. The lowest BCUT2D eigenvalue weighted by atomic mass is 9.96. The van der Waals surface area contributed by atoms with Crippen LogP contribution in [-0.4, -0.2) is 96.5 Å². The second-order valence-corrected chi connectivity index (χ2v) is 23.5. The summed E-state index contributed by atoms with van der Waals surface area (Å²) >= 11 is 8.13. The van der Waals surface area contributed by atoms with Gasteiger partial charge >= 0.3 is 17.3 Å². The van der Waals surface area contributed by atoms with Gasteiger partial charge in [-0.2, -0.15) is 15.6 Å². The molecule has 0 fully saturated rings. The Balaban J connectivity index is 0.000000398. The molecule has 0 aliphatic carbocycles. The molecule has 5 unspecified atom stereocenters. The Kier molecular flexibility index (Phi) is 36.6. The van der Waals surface area contributed by atoms with E-state index >= 15 is 0 Å². The number of methoxy groups -OCH3 is 6. The molecule has 0 aliphatic rings. The molecule has 530 valence electrons. The largest absolute Gasteiger partial charge is 0.496 e. The van der Waals surface area contributed by atoms with Crippen LogP contribution < -0.4 is 39.9 Å². The number of carbonyl (C=O) groups excluding carboxylic acids is 4. The fraction of sp³-hybridized carbons (Fsp3) is 0.297. The zero-order chi connectivity index (χ0) is 75.7. The number of ether oxygens (including phenoxy) is 6. The van der Waals surface area contributed by atoms with Crippen LogP contribution >= 0.6 is 34.2 Å². The van der Waals surface area contributed by atoms with E-state index in [-0.39, 0.29) is 69.7 Å². The van der Waals surface area contributed by atoms with Crippen LogP contribution in [0.1, 0.15) is 142 Å². The number of nitriles is 2. The van der Waals surface area contributed by atoms with E-state index < -0.39 is 21.7 Å². The lowest BCUT2D eigenvalue weighted by Crippen LogP contribution is -2.07. The molecule has 100 heavy (non-hydrogen) atoms. The second kappa shape index (κ2) is 42.8. The van der Waals surface area contributed by atoms with Gasteiger partial charge in [0, 0.05) is 47.4 Å². The highest BCUT2D eigenvalue weighted by Gasteiger charge is 2.21. The minimum atomic E-state index is -0.901. The van der Waals surface area contributed by atoms with Gasteiger partial charge in [-0.1, -0.05) is 87.8 Å². The van der Waals surface area contributed by atoms with Crippen molar-refractivity contribution in [1.29, 1.82) is 10.5 Å². The number of anilines is 1. The zero-order valence-corrected chi connectivity index (χ0v) is 61.5. The Morgan fingerprint density at radius 3 is 1.30 bits per heavy atom. The normalized spacial score (nSPS) is 11.4. The number of rotatable bonds is 20. The molecule has 0 radical (unpaired) electrons. The van der Waals surface area contributed by atoms with Gasteiger partial charge in [-0.25, -0.2) is 4.68 Å². The number of carbonyl (C=O) groups is 5. The summed E-state index contributed by atoms with van der Waals surface area (Å²) in [7, 11) is 8.93. The van der Waals surface area contributed by atoms with Crippen molar-refractivity contribution in [2.45, 2.75) is 105 Å². The Morgan fingerprint density at radius 1 is 0.530 bits per heavy atom. The van der Waals surface area contributed by atoms with Crippen LogP contribution in [0.4, 0.5) is 17.1 Å². The van der Waals surface area contributed by atoms with Crippen LogP contribution in [0, 0.1) is 53.4 Å². The number of carboxylic acids is 1. The van der Waals surface area contributed by atoms with Crippen molar-refractivity contribution in [1.82, 2.24) is 9.78 Å². The molecule has 0 aliphatic heterocycles. The summed E-state index contributed by atoms with van der Waals surface area (Å²) in [5.74, 6) is 1.15. The molecule has 1 heterocycles. The van der Waals surface area contributed by atoms with Crippen LogP contribution in [0.5, 0.6) is 34.5 Å². The number of nitro benzene ring substituents is 2. The highest BCUT2D eigenvalue weighted by molar-refractivity contribution is 14.1. The van der Waals surface area contributed by atoms with E-state index in [1.807, 2.05) is 99.1 Å². The number of para-hydroxylation sites is 2. The summed E-state index contributed by atoms with van der Waals surface area (Å²) in [6, 6.07) is 45.5. The van der Waals surface area contributed by atoms with Crippen molar-refractivity contribution in [2.24, 2.45) is 5.73 Å². The Labute approximate surface area is 601 Å². The van der Waals surface area contributed by atoms with Crippen LogP contribution in [0.15, 0.2) is 146 Å². The summed E-state index contributed by atoms with van der Waals surface area (Å²) in [4.78, 5) is 75.4. The predicted octanol–water partition coefficient (Wildman–Crippen LogP) is 15.2. The molecule has 0 bridgehead atoms. The molecule has 26 heteroatoms. The Bertz CT molecular complexity index is 4060. The van der Waals surface area contributed by atoms with Gasteiger partial charge < -0.3 is 45.0 Å². The first-order chi connectivity index (χ1) is 47.2. The quantitative estimate of drug-likeness (QED) is 0.0276. The molecule has 0 spiro atoms. The number of nitrogen functional groups attached to an aromatic ring is 1. The molecule has 8 rings (SSSR count). The lowest BCUT2D eigenvalue weighted by Gasteiger charge is -2.11. The van der Waals surface area contributed by atoms with Crippen LogP contribution in [0.3, 0.4) is 0 Å². The number of carboxylic acid groups (broad SMARTS) is 1. The molecule has 0 amide bonds. The van der Waals surface area contributed by atoms with Crippen LogP contribution in [0.25, 0.3) is 5.69 Å². The molecule has 5 N–H and O–H groups in total. The maximum atomic E-state index is 11.2. The van der Waals surface area contributed by atoms with Crippen molar-refractivity contribution in [3.63, 3.8) is 0 Å². The van der Waals surface area contributed by atoms with Crippen molar-refractivity contribution in [2.75, 3.05) is 48.4 Å². The topological polar surface area (TPSA) is 365 Å². The number of hydrogen-bond acceptors (Lipinski definition) is 20. The number of nitrogens with two attached hydrogens (primary N) is 2. The number of Topliss-reactive ketones (excluding diaryl/α,β-unsaturated/α-hetero) is 4. The van der Waals surface area contributed by atoms with Crippen LogP contribution in [-0.2, 0) is 30.5 Å². The van der Waals surface area contributed by atoms with Gasteiger partial charge in [-0.05, 0) is 177 Å². The molecule has 24 nitrogen and oxygen atoms in total. The third-order valence-corrected chi connectivity index (χ3v) is 16.4. The number of aryl methyl sites for hydroxylation is 1. The zero-order valence-electron chi connectivity index (χ0n) is 58.6. The van der Waals surface area contributed by atoms with Gasteiger partial charge in [0.25, 0.3) is 0 Å². The minimum absolute atomic E-state index is 0.00463. The van der Waals surface area contributed by atoms with Crippen molar-refractivity contribution < 1.29 is 67.3 Å². The number of aliphatic carboxylic acids is 1. The summed E-state index contributed by atoms with van der Waals surface area (Å²) in [6.45, 7) is 17.6. The number of hydrogen-bond donors (Lipinski definition) is 3. The molecule has 1 aromatic heterocycles. The fourth-order valence-corrected chi connectivity index (χ4v) is 9.33. The van der Waals surface area contributed by atoms with Gasteiger partial charge in [0.05, 0.1) is 95.9 Å². The van der Waals surface area contributed by atoms with E-state index in [0.29, 0.717) is 51.2 Å². The first-order valence-corrected chi connectivity index (χ1v) is 32.0. The molecule has 0 saturated carbocycles. The van der Waals surface area contributed by atoms with E-state index in [1.54, 1.807) is 122 Å². The fourth-order valence-electron chi connectivity index (χ4n) is 8.59. The summed E-state index contributed by atoms with van der Waals surface area (Å²) in [5, 5.41) is 52.4. The highest BCUT2D eigenvalue weighted by atomic mass is 127. The van der Waals surface area contributed by atoms with E-state index in [9.17, 15) is 44.2 Å². The number of aromatic nitrogens is 2. The highest BCUT2D eigenvalue weighted by Crippen LogP contribution is 2.33. The van der Waals surface area contributed by atoms with E-state index in [2.05, 4.69) is 27.7 Å². The first-order valence-electron chi connectivity index (χ1n) is 30.5. The summed E-state index contributed by atoms with van der Waals surface area (Å²) in [5.41, 5.74) is 19.7. The average molecular weight is 1500 g/mol. The number of ketones is 4. The van der Waals surface area contributed by atoms with Crippen molar-refractivity contribution in [3.05, 3.63) is 225 Å². The van der Waals surface area contributed by atoms with Gasteiger partial charge in [0.2, 0.25) is 0 Å². The maximum Gasteiger partial charge on any atom is 0.310 e. The lowest BCUT2D eigenvalue weighted by molar-refractivity contribution is -0.385. The average Bonchev–Trinajstić information content (AvgIpc) is 1.57. The van der Waals surface area contributed by atoms with E-state index in [4.69, 9.17) is 67.1 Å². The van der Waals surface area contributed by atoms with Gasteiger partial charge in [0.15, 0.2) is 11.5 Å². The third kappa shape index (κ3) is 26.3. The number of nitrogens with zero attached hydrogens (tertiary/aromatic N) is 6. The molecular weight excluding hydrogens is 1420 g/mol. The number of halogens is 2. The van der Waals surface area contributed by atoms with E-state index in [0.717, 1.165) is 48.6 Å². The van der Waals surface area contributed by atoms with Crippen molar-refractivity contribution in [3.8, 4) is 52.3 Å². The number of benzene rings is 7. The third-order valence-electron chi connectivity index (χ3n) is 15.3. The Morgan fingerprint density at radius 2 is 0.910 bits per heavy atom. The van der Waals surface area contributed by atoms with Gasteiger partial charge in [-0.15, -0.1) is 0 Å². The van der Waals surface area contributed by atoms with Crippen LogP contribution in [0.2, 0.25) is 5.02 Å². The standard InChI is InChI=1S/C12H13NO2.C11H12ClN3.C11H13IO2.C11H13NO4.C11H11NO3.C11H15NO2.C7H7NO3/c1-8(9(2)14)10-4-5-11(7-13)12(6-10)15-3;1-8-5-11(7-13)15(14-8)10-4-2-3-9(12)6-10;1-7(8(2)13)9-4-5-10(12)11(6-9)14-3;1-7(8(2)13)9-4-5-10(12(14)15)11(6-9)16-3;1-7(11(13)14)8-3-4-9(6-12)10(5-8)15-2;1-7(8(2)13)9-4-5-10(12)11(6-9)14-3;1-11-7-5-3-2-4-6(7)8(9)10/h4-6,8H,1-3H3;2-6H,7,13H2,1H3;4-7H,1-3H3;4-7H,1-3H3;3-5,7H,1-2H3,(H,13,14);4-7H,12H2,1-3H3;2-5H,1H3. The van der Waals surface area contributed by atoms with Gasteiger partial charge in [0.1, 0.15) is 58.3 Å². The van der Waals surface area contributed by atoms with E-state index in [1.165, 1.54) is 53.6 Å². The SMILES string of the molecule is COc1cc(C(C)C(=O)O)ccc1C#N.COc1cc(C(C)C(C)=O)ccc1C#N.COc1cc(C(C)C(C)=O)ccc1I.COc1cc(C(C)C(C)=O)ccc1N.COc1cc(C(C)C(C)=O)ccc1[N+](=O)[O-].COc1ccccc1[N+](=O)[O-].Cc1cc(CN)n(-c2cccc(Cl)c2)n1. The molecular formula is C74H84ClIN8O16. The Hall–Kier alpha value is -10.7. The summed E-state index contributed by atoms with van der Waals surface area (Å²) in [6.07, 6.45) is 0. The molecule has 5 atom stereocenters. The van der Waals surface area contributed by atoms with Gasteiger partial charge in [-0.3, -0.25) is 44.2 Å². The second-order valence-electron chi connectivity index (χ2n) is 21.9. The minimum Gasteiger partial charge on any atom is -0.496 e.